The normalized spacial score (nSPS) is 47.4. The van der Waals surface area contributed by atoms with Gasteiger partial charge in [0.15, 0.2) is 6.29 Å². The van der Waals surface area contributed by atoms with Gasteiger partial charge < -0.3 is 34.3 Å². The van der Waals surface area contributed by atoms with Crippen LogP contribution in [0.4, 0.5) is 0 Å². The highest BCUT2D eigenvalue weighted by atomic mass is 16.7. The number of aliphatic hydroxyl groups is 3. The number of hydrogen-bond acceptors (Lipinski definition) is 9. The zero-order valence-electron chi connectivity index (χ0n) is 33.9. The second kappa shape index (κ2) is 13.4. The van der Waals surface area contributed by atoms with Gasteiger partial charge in [-0.05, 0) is 130 Å². The van der Waals surface area contributed by atoms with E-state index in [1.165, 1.54) is 58.0 Å². The SMILES string of the molecule is COC(C[C@@H](C)[C@H]1C[C@H](O)[C@@]2(C)C3CC[C@H]4C(C)(C)[C@@H](O[C@H]5CN(C6CCN(C7COC7)CC6)CCO5)CC[C@@]45CC35CC[C@]12C)[C@H](O)C(C)(C)O. The van der Waals surface area contributed by atoms with Gasteiger partial charge in [0.25, 0.3) is 0 Å². The van der Waals surface area contributed by atoms with Gasteiger partial charge in [0, 0.05) is 44.7 Å². The molecule has 0 bridgehead atoms. The Morgan fingerprint density at radius 2 is 1.58 bits per heavy atom. The van der Waals surface area contributed by atoms with Crippen molar-refractivity contribution in [2.24, 2.45) is 50.7 Å². The van der Waals surface area contributed by atoms with Gasteiger partial charge in [-0.2, -0.15) is 0 Å². The van der Waals surface area contributed by atoms with Crippen LogP contribution >= 0.6 is 0 Å². The molecule has 8 fully saturated rings. The zero-order valence-corrected chi connectivity index (χ0v) is 33.9. The van der Waals surface area contributed by atoms with Crippen molar-refractivity contribution in [3.05, 3.63) is 0 Å². The Bertz CT molecular complexity index is 1300. The monoisotopic (exact) mass is 731 g/mol. The summed E-state index contributed by atoms with van der Waals surface area (Å²) < 4.78 is 24.7. The minimum Gasteiger partial charge on any atom is -0.393 e. The molecule has 3 N–H and O–H groups in total. The summed E-state index contributed by atoms with van der Waals surface area (Å²) in [5, 5.41) is 33.7. The van der Waals surface area contributed by atoms with Crippen LogP contribution in [-0.2, 0) is 18.9 Å². The molecule has 9 nitrogen and oxygen atoms in total. The molecule has 298 valence electrons. The van der Waals surface area contributed by atoms with Crippen molar-refractivity contribution in [2.45, 2.75) is 167 Å². The van der Waals surface area contributed by atoms with Gasteiger partial charge in [-0.1, -0.05) is 34.6 Å². The largest absolute Gasteiger partial charge is 0.393 e. The Kier molecular flexibility index (Phi) is 9.90. The molecule has 5 aliphatic carbocycles. The Morgan fingerprint density at radius 1 is 0.885 bits per heavy atom. The number of morpholine rings is 1. The van der Waals surface area contributed by atoms with Crippen molar-refractivity contribution < 1.29 is 34.3 Å². The predicted molar refractivity (Wildman–Crippen MR) is 201 cm³/mol. The lowest BCUT2D eigenvalue weighted by molar-refractivity contribution is -0.252. The molecular formula is C43H74N2O7. The molecule has 3 saturated heterocycles. The molecule has 3 heterocycles. The van der Waals surface area contributed by atoms with Crippen molar-refractivity contribution in [3.63, 3.8) is 0 Å². The number of piperidine rings is 1. The topological polar surface area (TPSA) is 104 Å². The summed E-state index contributed by atoms with van der Waals surface area (Å²) >= 11 is 0. The first-order valence-corrected chi connectivity index (χ1v) is 21.5. The van der Waals surface area contributed by atoms with Crippen LogP contribution in [0.5, 0.6) is 0 Å². The molecule has 0 aromatic heterocycles. The molecule has 8 rings (SSSR count). The molecule has 3 unspecified atom stereocenters. The Morgan fingerprint density at radius 3 is 2.23 bits per heavy atom. The van der Waals surface area contributed by atoms with Crippen LogP contribution in [0, 0.1) is 50.7 Å². The Balaban J connectivity index is 0.930. The highest BCUT2D eigenvalue weighted by Gasteiger charge is 2.83. The first-order chi connectivity index (χ1) is 24.5. The van der Waals surface area contributed by atoms with Crippen LogP contribution in [0.1, 0.15) is 119 Å². The number of nitrogens with zero attached hydrogens (tertiary/aromatic N) is 2. The number of rotatable bonds is 10. The summed E-state index contributed by atoms with van der Waals surface area (Å²) in [5.74, 6) is 1.79. The first-order valence-electron chi connectivity index (χ1n) is 21.5. The third-order valence-corrected chi connectivity index (χ3v) is 18.4. The quantitative estimate of drug-likeness (QED) is 0.270. The molecule has 5 saturated carbocycles. The van der Waals surface area contributed by atoms with E-state index in [2.05, 4.69) is 44.4 Å². The lowest BCUT2D eigenvalue weighted by Gasteiger charge is -2.64. The molecule has 0 aromatic rings. The molecule has 2 spiro atoms. The molecule has 0 aromatic carbocycles. The maximum atomic E-state index is 12.2. The number of methoxy groups -OCH3 is 1. The van der Waals surface area contributed by atoms with E-state index in [9.17, 15) is 15.3 Å². The van der Waals surface area contributed by atoms with Gasteiger partial charge in [0.05, 0.1) is 49.8 Å². The fraction of sp³-hybridized carbons (Fsp3) is 1.00. The van der Waals surface area contributed by atoms with Crippen LogP contribution in [-0.4, -0.2) is 127 Å². The van der Waals surface area contributed by atoms with Crippen molar-refractivity contribution in [3.8, 4) is 0 Å². The van der Waals surface area contributed by atoms with Crippen LogP contribution in [0.25, 0.3) is 0 Å². The number of likely N-dealkylation sites (tertiary alicyclic amines) is 1. The van der Waals surface area contributed by atoms with E-state index in [0.717, 1.165) is 52.2 Å². The average molecular weight is 731 g/mol. The molecule has 13 atom stereocenters. The summed E-state index contributed by atoms with van der Waals surface area (Å²) in [7, 11) is 1.65. The summed E-state index contributed by atoms with van der Waals surface area (Å²) in [5.41, 5.74) is -0.555. The molecular weight excluding hydrogens is 656 g/mol. The Hall–Kier alpha value is -0.360. The summed E-state index contributed by atoms with van der Waals surface area (Å²) in [6.07, 6.45) is 10.9. The zero-order chi connectivity index (χ0) is 37.1. The number of hydrogen-bond donors (Lipinski definition) is 3. The van der Waals surface area contributed by atoms with Gasteiger partial charge in [0.1, 0.15) is 6.10 Å². The highest BCUT2D eigenvalue weighted by molar-refractivity contribution is 5.31. The molecule has 9 heteroatoms. The summed E-state index contributed by atoms with van der Waals surface area (Å²) in [4.78, 5) is 5.31. The van der Waals surface area contributed by atoms with E-state index in [-0.39, 0.29) is 40.7 Å². The van der Waals surface area contributed by atoms with Gasteiger partial charge in [0.2, 0.25) is 0 Å². The highest BCUT2D eigenvalue weighted by Crippen LogP contribution is 2.89. The third-order valence-electron chi connectivity index (χ3n) is 18.4. The number of fused-ring (bicyclic) bond motifs is 2. The van der Waals surface area contributed by atoms with Gasteiger partial charge in [-0.25, -0.2) is 0 Å². The van der Waals surface area contributed by atoms with E-state index >= 15 is 0 Å². The van der Waals surface area contributed by atoms with Crippen molar-refractivity contribution >= 4 is 0 Å². The molecule has 52 heavy (non-hydrogen) atoms. The van der Waals surface area contributed by atoms with Crippen LogP contribution in [0.2, 0.25) is 0 Å². The van der Waals surface area contributed by atoms with E-state index < -0.39 is 17.8 Å². The average Bonchev–Trinajstić information content (AvgIpc) is 3.70. The number of aliphatic hydroxyl groups excluding tert-OH is 2. The standard InChI is InChI=1S/C43H74N2O7/c1-27(21-31(49-8)37(47)39(4,5)48)30-22-34(46)41(7)33-10-9-32-38(2,3)35(11-14-42(32)26-43(33,42)16-15-40(30,41)6)52-36-23-45(19-20-51-36)28-12-17-44(18-13-28)29-24-50-25-29/h27-37,46-48H,9-26H2,1-8H3/t27-,30-,31?,32+,33?,34+,35+,36+,37+,40-,41-,42-,43?/m1/s1. The third kappa shape index (κ3) is 5.69. The lowest BCUT2D eigenvalue weighted by atomic mass is 9.41. The maximum Gasteiger partial charge on any atom is 0.170 e. The fourth-order valence-electron chi connectivity index (χ4n) is 15.1. The molecule has 0 amide bonds. The molecule has 3 aliphatic heterocycles. The summed E-state index contributed by atoms with van der Waals surface area (Å²) in [6.45, 7) is 22.5. The van der Waals surface area contributed by atoms with Crippen molar-refractivity contribution in [1.29, 1.82) is 0 Å². The smallest absolute Gasteiger partial charge is 0.170 e. The fourth-order valence-corrected chi connectivity index (χ4v) is 15.1. The van der Waals surface area contributed by atoms with Gasteiger partial charge in [-0.15, -0.1) is 0 Å². The Labute approximate surface area is 314 Å². The van der Waals surface area contributed by atoms with Crippen LogP contribution in [0.15, 0.2) is 0 Å². The van der Waals surface area contributed by atoms with Crippen molar-refractivity contribution in [2.75, 3.05) is 53.1 Å². The first kappa shape index (κ1) is 38.5. The predicted octanol–water partition coefficient (Wildman–Crippen LogP) is 5.48. The van der Waals surface area contributed by atoms with E-state index in [1.54, 1.807) is 21.0 Å². The molecule has 8 aliphatic rings. The summed E-state index contributed by atoms with van der Waals surface area (Å²) in [6, 6.07) is 1.27. The number of ether oxygens (including phenoxy) is 4. The van der Waals surface area contributed by atoms with E-state index in [1.807, 2.05) is 0 Å². The maximum absolute atomic E-state index is 12.2. The minimum absolute atomic E-state index is 0.0264. The van der Waals surface area contributed by atoms with Crippen LogP contribution in [0.3, 0.4) is 0 Å². The van der Waals surface area contributed by atoms with Gasteiger partial charge in [-0.3, -0.25) is 9.80 Å². The van der Waals surface area contributed by atoms with E-state index in [0.29, 0.717) is 47.1 Å². The lowest BCUT2D eigenvalue weighted by Crippen LogP contribution is -2.60. The second-order valence-electron chi connectivity index (χ2n) is 21.1. The van der Waals surface area contributed by atoms with Crippen molar-refractivity contribution in [1.82, 2.24) is 9.80 Å². The van der Waals surface area contributed by atoms with E-state index in [4.69, 9.17) is 18.9 Å². The minimum atomic E-state index is -1.23. The second-order valence-corrected chi connectivity index (χ2v) is 21.1. The molecule has 0 radical (unpaired) electrons. The van der Waals surface area contributed by atoms with Gasteiger partial charge >= 0.3 is 0 Å². The van der Waals surface area contributed by atoms with Crippen LogP contribution < -0.4 is 0 Å².